The van der Waals surface area contributed by atoms with Crippen molar-refractivity contribution < 1.29 is 4.79 Å². The summed E-state index contributed by atoms with van der Waals surface area (Å²) in [6, 6.07) is 7.47. The zero-order valence-corrected chi connectivity index (χ0v) is 15.6. The molecule has 1 aromatic carbocycles. The molecule has 3 aromatic rings. The van der Waals surface area contributed by atoms with Crippen LogP contribution in [0.1, 0.15) is 32.7 Å². The molecule has 1 amide bonds. The average molecular weight is 359 g/mol. The summed E-state index contributed by atoms with van der Waals surface area (Å²) in [6.07, 6.45) is 0. The van der Waals surface area contributed by atoms with Crippen LogP contribution in [0.3, 0.4) is 0 Å². The minimum atomic E-state index is -0.294. The third-order valence-corrected chi connectivity index (χ3v) is 5.12. The lowest BCUT2D eigenvalue weighted by molar-refractivity contribution is -0.116. The predicted octanol–water partition coefficient (Wildman–Crippen LogP) is 2.61. The smallest absolute Gasteiger partial charge is 0.299 e. The SMILES string of the molecule is CCn1c(=O)n(CC(=O)Nc2nnc(C(C)(C)C)s2)c2ccccc21. The Morgan fingerprint density at radius 1 is 1.16 bits per heavy atom. The average Bonchev–Trinajstić information content (AvgIpc) is 3.11. The number of nitrogens with zero attached hydrogens (tertiary/aromatic N) is 4. The molecule has 0 unspecified atom stereocenters. The number of benzene rings is 1. The molecule has 7 nitrogen and oxygen atoms in total. The molecule has 2 heterocycles. The lowest BCUT2D eigenvalue weighted by atomic mass is 9.98. The van der Waals surface area contributed by atoms with Crippen LogP contribution < -0.4 is 11.0 Å². The number of carbonyl (C=O) groups excluding carboxylic acids is 1. The number of anilines is 1. The summed E-state index contributed by atoms with van der Waals surface area (Å²) in [6.45, 7) is 8.53. The van der Waals surface area contributed by atoms with Crippen LogP contribution in [0, 0.1) is 0 Å². The van der Waals surface area contributed by atoms with E-state index in [9.17, 15) is 9.59 Å². The third-order valence-electron chi connectivity index (χ3n) is 3.86. The van der Waals surface area contributed by atoms with E-state index in [1.54, 1.807) is 4.57 Å². The fourth-order valence-electron chi connectivity index (χ4n) is 2.61. The number of aromatic nitrogens is 4. The van der Waals surface area contributed by atoms with Crippen LogP contribution in [0.5, 0.6) is 0 Å². The first-order valence-electron chi connectivity index (χ1n) is 8.13. The van der Waals surface area contributed by atoms with E-state index in [1.165, 1.54) is 15.9 Å². The Labute approximate surface area is 149 Å². The summed E-state index contributed by atoms with van der Waals surface area (Å²) < 4.78 is 3.14. The van der Waals surface area contributed by atoms with Crippen molar-refractivity contribution in [1.29, 1.82) is 0 Å². The summed E-state index contributed by atoms with van der Waals surface area (Å²) >= 11 is 1.35. The van der Waals surface area contributed by atoms with Gasteiger partial charge in [0.05, 0.1) is 11.0 Å². The van der Waals surface area contributed by atoms with E-state index in [1.807, 2.05) is 52.0 Å². The quantitative estimate of drug-likeness (QED) is 0.776. The second-order valence-electron chi connectivity index (χ2n) is 6.81. The molecule has 0 aliphatic rings. The second kappa shape index (κ2) is 6.44. The molecule has 0 saturated heterocycles. The van der Waals surface area contributed by atoms with Gasteiger partial charge in [0, 0.05) is 12.0 Å². The Bertz CT molecular complexity index is 977. The highest BCUT2D eigenvalue weighted by molar-refractivity contribution is 7.15. The fourth-order valence-corrected chi connectivity index (χ4v) is 3.43. The highest BCUT2D eigenvalue weighted by atomic mass is 32.1. The number of amides is 1. The van der Waals surface area contributed by atoms with Gasteiger partial charge in [-0.2, -0.15) is 0 Å². The molecular formula is C17H21N5O2S. The summed E-state index contributed by atoms with van der Waals surface area (Å²) in [5, 5.41) is 12.2. The van der Waals surface area contributed by atoms with E-state index in [0.717, 1.165) is 16.0 Å². The van der Waals surface area contributed by atoms with Crippen LogP contribution in [0.15, 0.2) is 29.1 Å². The van der Waals surface area contributed by atoms with E-state index >= 15 is 0 Å². The van der Waals surface area contributed by atoms with E-state index < -0.39 is 0 Å². The van der Waals surface area contributed by atoms with E-state index in [-0.39, 0.29) is 23.6 Å². The molecule has 0 aliphatic heterocycles. The normalized spacial score (nSPS) is 11.8. The predicted molar refractivity (Wildman–Crippen MR) is 99.1 cm³/mol. The van der Waals surface area contributed by atoms with Crippen LogP contribution >= 0.6 is 11.3 Å². The van der Waals surface area contributed by atoms with Crippen LogP contribution in [-0.4, -0.2) is 25.2 Å². The summed E-state index contributed by atoms with van der Waals surface area (Å²) in [7, 11) is 0. The topological polar surface area (TPSA) is 81.8 Å². The Hall–Kier alpha value is -2.48. The first kappa shape index (κ1) is 17.3. The molecule has 0 radical (unpaired) electrons. The summed E-state index contributed by atoms with van der Waals surface area (Å²) in [5.41, 5.74) is 1.27. The molecule has 3 rings (SSSR count). The van der Waals surface area contributed by atoms with Crippen LogP contribution in [0.25, 0.3) is 11.0 Å². The molecule has 0 bridgehead atoms. The standard InChI is InChI=1S/C17H21N5O2S/c1-5-21-11-8-6-7-9-12(11)22(16(21)24)10-13(23)18-15-20-19-14(25-15)17(2,3)4/h6-9H,5,10H2,1-4H3,(H,18,20,23). The number of fused-ring (bicyclic) bond motifs is 1. The van der Waals surface area contributed by atoms with E-state index in [2.05, 4.69) is 15.5 Å². The summed E-state index contributed by atoms with van der Waals surface area (Å²) in [4.78, 5) is 25.0. The van der Waals surface area contributed by atoms with Gasteiger partial charge in [-0.3, -0.25) is 19.2 Å². The van der Waals surface area contributed by atoms with Crippen LogP contribution in [0.2, 0.25) is 0 Å². The molecular weight excluding hydrogens is 338 g/mol. The van der Waals surface area contributed by atoms with Gasteiger partial charge >= 0.3 is 5.69 Å². The molecule has 0 fully saturated rings. The molecule has 1 N–H and O–H groups in total. The van der Waals surface area contributed by atoms with E-state index in [0.29, 0.717) is 11.7 Å². The van der Waals surface area contributed by atoms with Crippen molar-refractivity contribution in [2.45, 2.75) is 46.2 Å². The Morgan fingerprint density at radius 3 is 2.36 bits per heavy atom. The molecule has 25 heavy (non-hydrogen) atoms. The number of hydrogen-bond acceptors (Lipinski definition) is 5. The maximum Gasteiger partial charge on any atom is 0.329 e. The van der Waals surface area contributed by atoms with Gasteiger partial charge in [0.15, 0.2) is 0 Å². The Balaban J connectivity index is 1.84. The Kier molecular flexibility index (Phi) is 4.47. The fraction of sp³-hybridized carbons (Fsp3) is 0.412. The van der Waals surface area contributed by atoms with Gasteiger partial charge in [-0.1, -0.05) is 44.2 Å². The van der Waals surface area contributed by atoms with Crippen molar-refractivity contribution in [3.05, 3.63) is 39.8 Å². The van der Waals surface area contributed by atoms with Gasteiger partial charge in [-0.05, 0) is 19.1 Å². The highest BCUT2D eigenvalue weighted by Gasteiger charge is 2.20. The van der Waals surface area contributed by atoms with Crippen molar-refractivity contribution in [3.63, 3.8) is 0 Å². The van der Waals surface area contributed by atoms with Gasteiger partial charge in [-0.15, -0.1) is 10.2 Å². The zero-order valence-electron chi connectivity index (χ0n) is 14.7. The van der Waals surface area contributed by atoms with Gasteiger partial charge in [0.1, 0.15) is 11.6 Å². The molecule has 0 atom stereocenters. The molecule has 132 valence electrons. The number of hydrogen-bond donors (Lipinski definition) is 1. The van der Waals surface area contributed by atoms with Crippen molar-refractivity contribution in [2.75, 3.05) is 5.32 Å². The number of nitrogens with one attached hydrogen (secondary N) is 1. The summed E-state index contributed by atoms with van der Waals surface area (Å²) in [5.74, 6) is -0.294. The van der Waals surface area contributed by atoms with Crippen LogP contribution in [-0.2, 0) is 23.3 Å². The van der Waals surface area contributed by atoms with Crippen molar-refractivity contribution >= 4 is 33.4 Å². The van der Waals surface area contributed by atoms with Crippen LogP contribution in [0.4, 0.5) is 5.13 Å². The number of imidazole rings is 1. The first-order chi connectivity index (χ1) is 11.8. The third kappa shape index (κ3) is 3.34. The minimum Gasteiger partial charge on any atom is -0.299 e. The molecule has 0 saturated carbocycles. The lowest BCUT2D eigenvalue weighted by Crippen LogP contribution is -2.29. The van der Waals surface area contributed by atoms with Crippen molar-refractivity contribution in [1.82, 2.24) is 19.3 Å². The van der Waals surface area contributed by atoms with Gasteiger partial charge in [0.2, 0.25) is 11.0 Å². The maximum absolute atomic E-state index is 12.6. The van der Waals surface area contributed by atoms with Gasteiger partial charge < -0.3 is 0 Å². The molecule has 8 heteroatoms. The van der Waals surface area contributed by atoms with Crippen molar-refractivity contribution in [2.24, 2.45) is 0 Å². The van der Waals surface area contributed by atoms with Crippen molar-refractivity contribution in [3.8, 4) is 0 Å². The zero-order chi connectivity index (χ0) is 18.2. The van der Waals surface area contributed by atoms with Gasteiger partial charge in [0.25, 0.3) is 0 Å². The lowest BCUT2D eigenvalue weighted by Gasteiger charge is -2.12. The molecule has 2 aromatic heterocycles. The minimum absolute atomic E-state index is 0.0588. The number of rotatable bonds is 4. The number of aryl methyl sites for hydroxylation is 1. The first-order valence-corrected chi connectivity index (χ1v) is 8.95. The second-order valence-corrected chi connectivity index (χ2v) is 7.79. The highest BCUT2D eigenvalue weighted by Crippen LogP contribution is 2.27. The Morgan fingerprint density at radius 2 is 1.80 bits per heavy atom. The maximum atomic E-state index is 12.6. The number of carbonyl (C=O) groups is 1. The molecule has 0 spiro atoms. The van der Waals surface area contributed by atoms with Gasteiger partial charge in [-0.25, -0.2) is 4.79 Å². The molecule has 0 aliphatic carbocycles. The van der Waals surface area contributed by atoms with E-state index in [4.69, 9.17) is 0 Å². The largest absolute Gasteiger partial charge is 0.329 e. The monoisotopic (exact) mass is 359 g/mol. The number of para-hydroxylation sites is 2.